The second-order valence-corrected chi connectivity index (χ2v) is 8.01. The van der Waals surface area contributed by atoms with E-state index < -0.39 is 0 Å². The van der Waals surface area contributed by atoms with Crippen molar-refractivity contribution in [3.63, 3.8) is 0 Å². The summed E-state index contributed by atoms with van der Waals surface area (Å²) in [6.07, 6.45) is 12.1. The van der Waals surface area contributed by atoms with Gasteiger partial charge in [0.1, 0.15) is 17.2 Å². The Kier molecular flexibility index (Phi) is 3.48. The summed E-state index contributed by atoms with van der Waals surface area (Å²) in [6, 6.07) is 14.9. The second-order valence-electron chi connectivity index (χ2n) is 8.01. The third-order valence-electron chi connectivity index (χ3n) is 6.37. The van der Waals surface area contributed by atoms with Gasteiger partial charge in [0.05, 0.1) is 11.1 Å². The van der Waals surface area contributed by atoms with Crippen LogP contribution in [0.25, 0.3) is 28.3 Å². The SMILES string of the molecule is CC1N=c2ccccc2=C(c2cccc3c4c(oc23)=CCC2C=CC=CC=42)N1C. The molecule has 3 heteroatoms. The molecule has 2 aromatic carbocycles. The number of rotatable bonds is 1. The summed E-state index contributed by atoms with van der Waals surface area (Å²) in [7, 11) is 2.12. The number of nitrogens with zero attached hydrogens (tertiary/aromatic N) is 2. The van der Waals surface area contributed by atoms with Gasteiger partial charge in [0.2, 0.25) is 0 Å². The monoisotopic (exact) mass is 378 g/mol. The van der Waals surface area contributed by atoms with Gasteiger partial charge in [-0.3, -0.25) is 4.99 Å². The van der Waals surface area contributed by atoms with Crippen LogP contribution < -0.4 is 21.2 Å². The van der Waals surface area contributed by atoms with Crippen molar-refractivity contribution in [3.05, 3.63) is 93.5 Å². The van der Waals surface area contributed by atoms with Gasteiger partial charge in [0, 0.05) is 34.4 Å². The maximum Gasteiger partial charge on any atom is 0.144 e. The quantitative estimate of drug-likeness (QED) is 0.651. The molecule has 1 aromatic heterocycles. The van der Waals surface area contributed by atoms with Crippen molar-refractivity contribution in [2.75, 3.05) is 7.05 Å². The summed E-state index contributed by atoms with van der Waals surface area (Å²) in [4.78, 5) is 7.10. The third kappa shape index (κ3) is 2.34. The van der Waals surface area contributed by atoms with E-state index in [1.165, 1.54) is 21.9 Å². The highest BCUT2D eigenvalue weighted by Crippen LogP contribution is 2.29. The first-order valence-corrected chi connectivity index (χ1v) is 10.2. The van der Waals surface area contributed by atoms with E-state index >= 15 is 0 Å². The Balaban J connectivity index is 1.75. The van der Waals surface area contributed by atoms with Crippen LogP contribution in [0.2, 0.25) is 0 Å². The van der Waals surface area contributed by atoms with E-state index in [2.05, 4.69) is 91.7 Å². The number of fused-ring (bicyclic) bond motifs is 5. The van der Waals surface area contributed by atoms with E-state index in [0.717, 1.165) is 33.6 Å². The molecule has 1 aliphatic heterocycles. The molecule has 6 rings (SSSR count). The molecule has 2 unspecified atom stereocenters. The number of benzene rings is 2. The van der Waals surface area contributed by atoms with Crippen molar-refractivity contribution in [3.8, 4) is 0 Å². The zero-order valence-electron chi connectivity index (χ0n) is 16.6. The fourth-order valence-electron chi connectivity index (χ4n) is 4.84. The first kappa shape index (κ1) is 16.6. The topological polar surface area (TPSA) is 28.7 Å². The van der Waals surface area contributed by atoms with Gasteiger partial charge in [-0.2, -0.15) is 0 Å². The van der Waals surface area contributed by atoms with Crippen LogP contribution in [0.4, 0.5) is 0 Å². The van der Waals surface area contributed by atoms with Crippen LogP contribution in [-0.4, -0.2) is 18.1 Å². The van der Waals surface area contributed by atoms with E-state index in [1.807, 2.05) is 0 Å². The van der Waals surface area contributed by atoms with Gasteiger partial charge in [-0.15, -0.1) is 0 Å². The fraction of sp³-hybridized carbons (Fsp3) is 0.192. The minimum Gasteiger partial charge on any atom is -0.456 e. The molecule has 2 atom stereocenters. The molecule has 2 heterocycles. The van der Waals surface area contributed by atoms with Crippen molar-refractivity contribution >= 4 is 28.3 Å². The van der Waals surface area contributed by atoms with Gasteiger partial charge in [-0.1, -0.05) is 54.6 Å². The zero-order valence-corrected chi connectivity index (χ0v) is 16.6. The molecule has 0 N–H and O–H groups in total. The lowest BCUT2D eigenvalue weighted by Crippen LogP contribution is -2.43. The Morgan fingerprint density at radius 2 is 1.97 bits per heavy atom. The molecular formula is C26H22N2O. The highest BCUT2D eigenvalue weighted by atomic mass is 16.3. The van der Waals surface area contributed by atoms with E-state index in [9.17, 15) is 0 Å². The molecule has 2 aliphatic carbocycles. The molecule has 0 bridgehead atoms. The molecule has 3 aliphatic rings. The van der Waals surface area contributed by atoms with Gasteiger partial charge in [0.25, 0.3) is 0 Å². The van der Waals surface area contributed by atoms with Gasteiger partial charge >= 0.3 is 0 Å². The summed E-state index contributed by atoms with van der Waals surface area (Å²) in [5.74, 6) is 0.446. The highest BCUT2D eigenvalue weighted by molar-refractivity contribution is 5.92. The van der Waals surface area contributed by atoms with Crippen LogP contribution in [0.3, 0.4) is 0 Å². The molecular weight excluding hydrogens is 356 g/mol. The highest BCUT2D eigenvalue weighted by Gasteiger charge is 2.24. The lowest BCUT2D eigenvalue weighted by atomic mass is 9.86. The van der Waals surface area contributed by atoms with Crippen LogP contribution in [0.15, 0.2) is 76.2 Å². The minimum atomic E-state index is 0.0801. The maximum atomic E-state index is 6.51. The Morgan fingerprint density at radius 1 is 1.07 bits per heavy atom. The summed E-state index contributed by atoms with van der Waals surface area (Å²) in [5.41, 5.74) is 5.65. The first-order valence-electron chi connectivity index (χ1n) is 10.2. The second kappa shape index (κ2) is 6.08. The Hall–Kier alpha value is -3.33. The van der Waals surface area contributed by atoms with Crippen LogP contribution in [0, 0.1) is 5.92 Å². The van der Waals surface area contributed by atoms with Crippen LogP contribution in [0.1, 0.15) is 18.9 Å². The molecule has 0 saturated carbocycles. The van der Waals surface area contributed by atoms with Gasteiger partial charge in [-0.25, -0.2) is 0 Å². The van der Waals surface area contributed by atoms with E-state index in [0.29, 0.717) is 5.92 Å². The molecule has 142 valence electrons. The van der Waals surface area contributed by atoms with Crippen molar-refractivity contribution < 1.29 is 4.42 Å². The van der Waals surface area contributed by atoms with Gasteiger partial charge in [-0.05, 0) is 37.1 Å². The third-order valence-corrected chi connectivity index (χ3v) is 6.37. The molecule has 0 amide bonds. The lowest BCUT2D eigenvalue weighted by Gasteiger charge is -2.30. The lowest BCUT2D eigenvalue weighted by molar-refractivity contribution is 0.366. The predicted molar refractivity (Wildman–Crippen MR) is 117 cm³/mol. The van der Waals surface area contributed by atoms with Gasteiger partial charge < -0.3 is 9.32 Å². The molecule has 29 heavy (non-hydrogen) atoms. The summed E-state index contributed by atoms with van der Waals surface area (Å²) in [5, 5.41) is 4.65. The predicted octanol–water partition coefficient (Wildman–Crippen LogP) is 2.58. The molecule has 0 fully saturated rings. The molecule has 0 spiro atoms. The number of hydrogen-bond acceptors (Lipinski definition) is 3. The fourth-order valence-corrected chi connectivity index (χ4v) is 4.84. The van der Waals surface area contributed by atoms with E-state index in [-0.39, 0.29) is 6.17 Å². The van der Waals surface area contributed by atoms with Crippen LogP contribution >= 0.6 is 0 Å². The maximum absolute atomic E-state index is 6.51. The van der Waals surface area contributed by atoms with E-state index in [4.69, 9.17) is 9.41 Å². The average molecular weight is 378 g/mol. The van der Waals surface area contributed by atoms with Crippen molar-refractivity contribution in [1.29, 1.82) is 0 Å². The number of allylic oxidation sites excluding steroid dienone is 4. The Labute approximate surface area is 169 Å². The Morgan fingerprint density at radius 3 is 2.90 bits per heavy atom. The standard InChI is InChI=1S/C26H22N2O/c1-16-27-22-13-6-5-10-19(22)25(28(16)2)21-12-7-11-20-24-18-9-4-3-8-17(18)14-15-23(24)29-26(20)21/h3-13,15-17H,14H2,1-2H3. The smallest absolute Gasteiger partial charge is 0.144 e. The largest absolute Gasteiger partial charge is 0.456 e. The summed E-state index contributed by atoms with van der Waals surface area (Å²) in [6.45, 7) is 2.14. The zero-order chi connectivity index (χ0) is 19.5. The average Bonchev–Trinajstić information content (AvgIpc) is 3.14. The van der Waals surface area contributed by atoms with E-state index in [1.54, 1.807) is 0 Å². The van der Waals surface area contributed by atoms with Crippen LogP contribution in [-0.2, 0) is 0 Å². The van der Waals surface area contributed by atoms with Crippen molar-refractivity contribution in [2.24, 2.45) is 10.9 Å². The molecule has 3 aromatic rings. The Bertz CT molecular complexity index is 1470. The van der Waals surface area contributed by atoms with Crippen LogP contribution in [0.5, 0.6) is 0 Å². The summed E-state index contributed by atoms with van der Waals surface area (Å²) < 4.78 is 6.51. The number of hydrogen-bond donors (Lipinski definition) is 0. The molecule has 3 nitrogen and oxygen atoms in total. The van der Waals surface area contributed by atoms with Crippen molar-refractivity contribution in [2.45, 2.75) is 19.5 Å². The first-order chi connectivity index (χ1) is 14.2. The normalized spacial score (nSPS) is 22.1. The number of furan rings is 1. The van der Waals surface area contributed by atoms with Crippen molar-refractivity contribution in [1.82, 2.24) is 4.90 Å². The molecule has 0 radical (unpaired) electrons. The summed E-state index contributed by atoms with van der Waals surface area (Å²) >= 11 is 0. The number of para-hydroxylation sites is 2. The van der Waals surface area contributed by atoms with Gasteiger partial charge in [0.15, 0.2) is 0 Å². The minimum absolute atomic E-state index is 0.0801. The molecule has 0 saturated heterocycles.